The fourth-order valence-corrected chi connectivity index (χ4v) is 4.87. The van der Waals surface area contributed by atoms with Crippen molar-refractivity contribution < 1.29 is 9.53 Å². The fraction of sp³-hybridized carbons (Fsp3) is 0.240. The smallest absolute Gasteiger partial charge is 0.305 e. The van der Waals surface area contributed by atoms with Crippen LogP contribution in [-0.4, -0.2) is 22.6 Å². The molecule has 5 nitrogen and oxygen atoms in total. The number of hydrogen-bond donors (Lipinski definition) is 0. The molecular formula is C25H24N2O3S. The van der Waals surface area contributed by atoms with Crippen LogP contribution in [0.3, 0.4) is 0 Å². The first-order chi connectivity index (χ1) is 15.1. The van der Waals surface area contributed by atoms with E-state index in [-0.39, 0.29) is 17.9 Å². The number of ether oxygens (including phenoxy) is 1. The molecule has 0 saturated heterocycles. The average molecular weight is 433 g/mol. The van der Waals surface area contributed by atoms with E-state index in [0.717, 1.165) is 32.2 Å². The van der Waals surface area contributed by atoms with Crippen molar-refractivity contribution in [3.05, 3.63) is 87.3 Å². The lowest BCUT2D eigenvalue weighted by Crippen LogP contribution is -2.26. The number of aryl methyl sites for hydroxylation is 1. The SMILES string of the molecule is COC(=O)CCCn1c(Cc2ccccc2)nc2sc(C)c(-c3ccccc3)c2c1=O. The summed E-state index contributed by atoms with van der Waals surface area (Å²) in [4.78, 5) is 32.1. The summed E-state index contributed by atoms with van der Waals surface area (Å²) >= 11 is 1.55. The van der Waals surface area contributed by atoms with Crippen LogP contribution in [0.1, 0.15) is 29.1 Å². The van der Waals surface area contributed by atoms with Gasteiger partial charge in [-0.15, -0.1) is 11.3 Å². The summed E-state index contributed by atoms with van der Waals surface area (Å²) in [5.41, 5.74) is 3.00. The van der Waals surface area contributed by atoms with Gasteiger partial charge in [0.15, 0.2) is 0 Å². The summed E-state index contributed by atoms with van der Waals surface area (Å²) < 4.78 is 6.49. The Hall–Kier alpha value is -3.25. The first kappa shape index (κ1) is 21.0. The lowest BCUT2D eigenvalue weighted by Gasteiger charge is -2.13. The minimum atomic E-state index is -0.275. The summed E-state index contributed by atoms with van der Waals surface area (Å²) in [6.07, 6.45) is 1.34. The maximum Gasteiger partial charge on any atom is 0.305 e. The van der Waals surface area contributed by atoms with E-state index in [1.165, 1.54) is 7.11 Å². The van der Waals surface area contributed by atoms with Crippen molar-refractivity contribution >= 4 is 27.5 Å². The summed E-state index contributed by atoms with van der Waals surface area (Å²) in [7, 11) is 1.38. The summed E-state index contributed by atoms with van der Waals surface area (Å²) in [6, 6.07) is 20.0. The Morgan fingerprint density at radius 1 is 1.06 bits per heavy atom. The van der Waals surface area contributed by atoms with Crippen LogP contribution in [0.15, 0.2) is 65.5 Å². The van der Waals surface area contributed by atoms with Crippen molar-refractivity contribution in [2.75, 3.05) is 7.11 Å². The van der Waals surface area contributed by atoms with Crippen molar-refractivity contribution in [1.82, 2.24) is 9.55 Å². The molecule has 0 fully saturated rings. The molecule has 0 N–H and O–H groups in total. The van der Waals surface area contributed by atoms with E-state index < -0.39 is 0 Å². The van der Waals surface area contributed by atoms with Crippen molar-refractivity contribution in [1.29, 1.82) is 0 Å². The third kappa shape index (κ3) is 4.44. The van der Waals surface area contributed by atoms with Gasteiger partial charge in [0.05, 0.1) is 12.5 Å². The number of methoxy groups -OCH3 is 1. The van der Waals surface area contributed by atoms with Crippen LogP contribution in [0.2, 0.25) is 0 Å². The first-order valence-corrected chi connectivity index (χ1v) is 11.1. The third-order valence-electron chi connectivity index (χ3n) is 5.32. The Labute approximate surface area is 185 Å². The highest BCUT2D eigenvalue weighted by molar-refractivity contribution is 7.19. The number of hydrogen-bond acceptors (Lipinski definition) is 5. The van der Waals surface area contributed by atoms with Gasteiger partial charge in [-0.1, -0.05) is 60.7 Å². The lowest BCUT2D eigenvalue weighted by atomic mass is 10.0. The minimum absolute atomic E-state index is 0.0519. The number of rotatable bonds is 7. The molecule has 6 heteroatoms. The number of aromatic nitrogens is 2. The molecule has 2 heterocycles. The van der Waals surface area contributed by atoms with E-state index in [1.807, 2.05) is 67.6 Å². The molecule has 0 aliphatic rings. The molecule has 0 unspecified atom stereocenters. The van der Waals surface area contributed by atoms with E-state index in [4.69, 9.17) is 9.72 Å². The normalized spacial score (nSPS) is 11.0. The number of fused-ring (bicyclic) bond motifs is 1. The van der Waals surface area contributed by atoms with Crippen LogP contribution < -0.4 is 5.56 Å². The maximum atomic E-state index is 13.7. The molecule has 0 radical (unpaired) electrons. The number of thiophene rings is 1. The molecule has 2 aromatic heterocycles. The molecule has 2 aromatic carbocycles. The van der Waals surface area contributed by atoms with Gasteiger partial charge in [-0.3, -0.25) is 14.2 Å². The highest BCUT2D eigenvalue weighted by Gasteiger charge is 2.20. The topological polar surface area (TPSA) is 61.2 Å². The zero-order chi connectivity index (χ0) is 21.8. The van der Waals surface area contributed by atoms with Gasteiger partial charge in [0, 0.05) is 29.8 Å². The van der Waals surface area contributed by atoms with Crippen molar-refractivity contribution in [3.8, 4) is 11.1 Å². The van der Waals surface area contributed by atoms with Crippen LogP contribution in [0, 0.1) is 6.92 Å². The molecule has 0 aliphatic carbocycles. The minimum Gasteiger partial charge on any atom is -0.469 e. The van der Waals surface area contributed by atoms with Crippen LogP contribution in [-0.2, 0) is 22.5 Å². The lowest BCUT2D eigenvalue weighted by molar-refractivity contribution is -0.140. The van der Waals surface area contributed by atoms with Crippen LogP contribution in [0.25, 0.3) is 21.3 Å². The van der Waals surface area contributed by atoms with Gasteiger partial charge in [-0.2, -0.15) is 0 Å². The number of benzene rings is 2. The van der Waals surface area contributed by atoms with Crippen molar-refractivity contribution in [2.24, 2.45) is 0 Å². The Morgan fingerprint density at radius 2 is 1.74 bits per heavy atom. The number of nitrogens with zero attached hydrogens (tertiary/aromatic N) is 2. The maximum absolute atomic E-state index is 13.7. The molecule has 31 heavy (non-hydrogen) atoms. The second-order valence-corrected chi connectivity index (χ2v) is 8.61. The highest BCUT2D eigenvalue weighted by Crippen LogP contribution is 2.35. The summed E-state index contributed by atoms with van der Waals surface area (Å²) in [5.74, 6) is 0.442. The van der Waals surface area contributed by atoms with Gasteiger partial charge < -0.3 is 4.74 Å². The van der Waals surface area contributed by atoms with Gasteiger partial charge in [0.2, 0.25) is 0 Å². The standard InChI is InChI=1S/C25H24N2O3S/c1-17-22(19-12-7-4-8-13-19)23-24(31-17)26-20(16-18-10-5-3-6-11-18)27(25(23)29)15-9-14-21(28)30-2/h3-8,10-13H,9,14-16H2,1-2H3. The van der Waals surface area contributed by atoms with Gasteiger partial charge in [0.1, 0.15) is 10.7 Å². The Bertz CT molecular complexity index is 1260. The average Bonchev–Trinajstić information content (AvgIpc) is 3.12. The number of esters is 1. The molecule has 0 spiro atoms. The van der Waals surface area contributed by atoms with Gasteiger partial charge in [0.25, 0.3) is 5.56 Å². The van der Waals surface area contributed by atoms with Gasteiger partial charge in [-0.25, -0.2) is 4.98 Å². The predicted octanol–water partition coefficient (Wildman–Crippen LogP) is 4.98. The monoisotopic (exact) mass is 432 g/mol. The van der Waals surface area contributed by atoms with E-state index in [0.29, 0.717) is 24.8 Å². The molecule has 0 saturated carbocycles. The molecule has 158 valence electrons. The van der Waals surface area contributed by atoms with E-state index >= 15 is 0 Å². The predicted molar refractivity (Wildman–Crippen MR) is 125 cm³/mol. The van der Waals surface area contributed by atoms with Crippen molar-refractivity contribution in [3.63, 3.8) is 0 Å². The van der Waals surface area contributed by atoms with Gasteiger partial charge in [-0.05, 0) is 24.5 Å². The van der Waals surface area contributed by atoms with Crippen molar-refractivity contribution in [2.45, 2.75) is 32.7 Å². The number of carbonyl (C=O) groups is 1. The quantitative estimate of drug-likeness (QED) is 0.387. The Balaban J connectivity index is 1.84. The van der Waals surface area contributed by atoms with Crippen LogP contribution in [0.5, 0.6) is 0 Å². The Morgan fingerprint density at radius 3 is 2.42 bits per heavy atom. The van der Waals surface area contributed by atoms with E-state index in [9.17, 15) is 9.59 Å². The third-order valence-corrected chi connectivity index (χ3v) is 6.32. The highest BCUT2D eigenvalue weighted by atomic mass is 32.1. The summed E-state index contributed by atoms with van der Waals surface area (Å²) in [6.45, 7) is 2.45. The van der Waals surface area contributed by atoms with Crippen LogP contribution in [0.4, 0.5) is 0 Å². The zero-order valence-electron chi connectivity index (χ0n) is 17.6. The van der Waals surface area contributed by atoms with Crippen LogP contribution >= 0.6 is 11.3 Å². The molecule has 0 amide bonds. The molecule has 4 aromatic rings. The second kappa shape index (κ2) is 9.27. The Kier molecular flexibility index (Phi) is 6.28. The fourth-order valence-electron chi connectivity index (χ4n) is 3.82. The zero-order valence-corrected chi connectivity index (χ0v) is 18.4. The molecule has 0 aliphatic heterocycles. The largest absolute Gasteiger partial charge is 0.469 e. The second-order valence-electron chi connectivity index (χ2n) is 7.41. The van der Waals surface area contributed by atoms with Gasteiger partial charge >= 0.3 is 5.97 Å². The summed E-state index contributed by atoms with van der Waals surface area (Å²) in [5, 5.41) is 0.656. The molecule has 0 bridgehead atoms. The van der Waals surface area contributed by atoms with E-state index in [1.54, 1.807) is 15.9 Å². The molecule has 4 rings (SSSR count). The molecule has 0 atom stereocenters. The number of carbonyl (C=O) groups excluding carboxylic acids is 1. The van der Waals surface area contributed by atoms with E-state index in [2.05, 4.69) is 0 Å². The first-order valence-electron chi connectivity index (χ1n) is 10.3. The molecular weight excluding hydrogens is 408 g/mol.